The van der Waals surface area contributed by atoms with Gasteiger partial charge in [0.15, 0.2) is 12.2 Å². The normalized spacial score (nSPS) is 14.5. The minimum Gasteiger partial charge on any atom is -0.462 e. The Morgan fingerprint density at radius 3 is 0.780 bits per heavy atom. The summed E-state index contributed by atoms with van der Waals surface area (Å²) in [5.41, 5.74) is 0. The lowest BCUT2D eigenvalue weighted by Crippen LogP contribution is -2.30. The highest BCUT2D eigenvalue weighted by atomic mass is 31.2. The van der Waals surface area contributed by atoms with Crippen LogP contribution in [0.3, 0.4) is 0 Å². The fourth-order valence-electron chi connectivity index (χ4n) is 10.8. The number of phosphoric ester groups is 2. The molecule has 0 saturated heterocycles. The smallest absolute Gasteiger partial charge is 0.462 e. The van der Waals surface area contributed by atoms with Crippen LogP contribution < -0.4 is 0 Å². The molecule has 17 nitrogen and oxygen atoms in total. The summed E-state index contributed by atoms with van der Waals surface area (Å²) in [7, 11) is -9.91. The van der Waals surface area contributed by atoms with Crippen LogP contribution in [-0.2, 0) is 65.4 Å². The van der Waals surface area contributed by atoms with Crippen molar-refractivity contribution in [3.63, 3.8) is 0 Å². The van der Waals surface area contributed by atoms with Crippen molar-refractivity contribution < 1.29 is 80.2 Å². The Morgan fingerprint density at radius 2 is 0.527 bits per heavy atom. The van der Waals surface area contributed by atoms with Gasteiger partial charge < -0.3 is 33.8 Å². The Kier molecular flexibility index (Phi) is 60.3. The molecule has 0 heterocycles. The van der Waals surface area contributed by atoms with Gasteiger partial charge >= 0.3 is 39.5 Å². The van der Waals surface area contributed by atoms with Crippen LogP contribution in [0, 0.1) is 23.7 Å². The summed E-state index contributed by atoms with van der Waals surface area (Å²) in [6.07, 6.45) is 44.5. The maximum absolute atomic E-state index is 13.0. The number of aliphatic hydroxyl groups is 1. The highest BCUT2D eigenvalue weighted by Gasteiger charge is 2.30. The van der Waals surface area contributed by atoms with Crippen LogP contribution in [0.15, 0.2) is 0 Å². The maximum atomic E-state index is 13.0. The van der Waals surface area contributed by atoms with Crippen molar-refractivity contribution in [3.05, 3.63) is 0 Å². The summed E-state index contributed by atoms with van der Waals surface area (Å²) >= 11 is 0. The van der Waals surface area contributed by atoms with Crippen LogP contribution in [0.5, 0.6) is 0 Å². The average Bonchev–Trinajstić information content (AvgIpc) is 3.65. The molecule has 0 fully saturated rings. The number of rotatable bonds is 69. The molecular formula is C72H140O17P2. The first-order chi connectivity index (χ1) is 43.6. The minimum atomic E-state index is -4.96. The number of unbranched alkanes of at least 4 members (excludes halogenated alkanes) is 34. The number of ether oxygens (including phenoxy) is 4. The predicted octanol–water partition coefficient (Wildman–Crippen LogP) is 20.5. The molecule has 0 spiro atoms. The zero-order valence-corrected chi connectivity index (χ0v) is 61.3. The summed E-state index contributed by atoms with van der Waals surface area (Å²) in [4.78, 5) is 72.6. The minimum absolute atomic E-state index is 0.102. The molecule has 0 aromatic rings. The molecule has 0 bridgehead atoms. The number of carbonyl (C=O) groups is 4. The fraction of sp³-hybridized carbons (Fsp3) is 0.944. The molecule has 91 heavy (non-hydrogen) atoms. The standard InChI is InChI=1S/C72H140O17P2/c1-9-65(8)51-43-35-30-31-37-45-53-70(75)83-59-68(89-72(77)55-47-39-29-23-26-34-42-50-64(6)7)61-87-91(80,81)85-57-66(73)56-84-90(78,79)86-60-67(58-82-69(74)52-44-36-27-21-17-14-13-16-20-25-33-41-49-63(4)5)88-71(76)54-46-38-28-22-18-12-10-11-15-19-24-32-40-48-62(2)3/h62-68,73H,9-61H2,1-8H3,(H,78,79)(H,80,81)/t65?,66-,67-,68-/m1/s1. The van der Waals surface area contributed by atoms with Gasteiger partial charge in [-0.1, -0.05) is 306 Å². The molecule has 3 unspecified atom stereocenters. The molecule has 0 rings (SSSR count). The van der Waals surface area contributed by atoms with Crippen LogP contribution in [0.25, 0.3) is 0 Å². The van der Waals surface area contributed by atoms with Gasteiger partial charge in [-0.2, -0.15) is 0 Å². The van der Waals surface area contributed by atoms with E-state index in [1.54, 1.807) is 0 Å². The quantitative estimate of drug-likeness (QED) is 0.0222. The second-order valence-corrected chi connectivity index (χ2v) is 30.6. The molecule has 3 N–H and O–H groups in total. The lowest BCUT2D eigenvalue weighted by molar-refractivity contribution is -0.161. The van der Waals surface area contributed by atoms with Crippen LogP contribution in [-0.4, -0.2) is 96.7 Å². The molecule has 0 aliphatic heterocycles. The first-order valence-corrected chi connectivity index (χ1v) is 40.2. The molecule has 6 atom stereocenters. The van der Waals surface area contributed by atoms with E-state index in [0.29, 0.717) is 31.6 Å². The van der Waals surface area contributed by atoms with Crippen molar-refractivity contribution in [1.82, 2.24) is 0 Å². The van der Waals surface area contributed by atoms with Gasteiger partial charge in [0.05, 0.1) is 26.4 Å². The number of esters is 4. The highest BCUT2D eigenvalue weighted by molar-refractivity contribution is 7.47. The van der Waals surface area contributed by atoms with Crippen LogP contribution in [0.2, 0.25) is 0 Å². The molecule has 0 amide bonds. The van der Waals surface area contributed by atoms with E-state index in [1.165, 1.54) is 154 Å². The molecule has 0 aromatic carbocycles. The van der Waals surface area contributed by atoms with E-state index in [9.17, 15) is 43.2 Å². The zero-order chi connectivity index (χ0) is 67.5. The lowest BCUT2D eigenvalue weighted by Gasteiger charge is -2.21. The number of hydrogen-bond donors (Lipinski definition) is 3. The van der Waals surface area contributed by atoms with Gasteiger partial charge in [-0.15, -0.1) is 0 Å². The van der Waals surface area contributed by atoms with Gasteiger partial charge in [0.2, 0.25) is 0 Å². The third kappa shape index (κ3) is 65.1. The van der Waals surface area contributed by atoms with Crippen molar-refractivity contribution in [3.8, 4) is 0 Å². The molecule has 19 heteroatoms. The van der Waals surface area contributed by atoms with E-state index < -0.39 is 97.5 Å². The SMILES string of the molecule is CCC(C)CCCCCCCCC(=O)OC[C@H](COP(=O)(O)OC[C@H](O)COP(=O)(O)OC[C@@H](COC(=O)CCCCCCCCCCCCCCC(C)C)OC(=O)CCCCCCCCCCCCCCCC(C)C)OC(=O)CCCCCCCCCC(C)C. The van der Waals surface area contributed by atoms with Crippen molar-refractivity contribution in [2.75, 3.05) is 39.6 Å². The second kappa shape index (κ2) is 61.6. The first-order valence-electron chi connectivity index (χ1n) is 37.2. The monoisotopic (exact) mass is 1340 g/mol. The van der Waals surface area contributed by atoms with E-state index in [4.69, 9.17) is 37.0 Å². The number of aliphatic hydroxyl groups excluding tert-OH is 1. The molecule has 0 aromatic heterocycles. The first kappa shape index (κ1) is 89.1. The number of phosphoric acid groups is 2. The summed E-state index contributed by atoms with van der Waals surface area (Å²) in [5, 5.41) is 10.6. The average molecular weight is 1340 g/mol. The number of hydrogen-bond acceptors (Lipinski definition) is 15. The van der Waals surface area contributed by atoms with E-state index in [-0.39, 0.29) is 25.7 Å². The van der Waals surface area contributed by atoms with E-state index in [0.717, 1.165) is 114 Å². The van der Waals surface area contributed by atoms with Crippen molar-refractivity contribution in [2.24, 2.45) is 23.7 Å². The van der Waals surface area contributed by atoms with E-state index in [1.807, 2.05) is 0 Å². The van der Waals surface area contributed by atoms with E-state index >= 15 is 0 Å². The van der Waals surface area contributed by atoms with Gasteiger partial charge in [-0.3, -0.25) is 37.3 Å². The van der Waals surface area contributed by atoms with Crippen LogP contribution in [0.1, 0.15) is 357 Å². The van der Waals surface area contributed by atoms with Crippen molar-refractivity contribution >= 4 is 39.5 Å². The topological polar surface area (TPSA) is 237 Å². The van der Waals surface area contributed by atoms with Gasteiger partial charge in [-0.05, 0) is 49.4 Å². The third-order valence-corrected chi connectivity index (χ3v) is 18.8. The predicted molar refractivity (Wildman–Crippen MR) is 367 cm³/mol. The molecule has 0 aliphatic rings. The Morgan fingerprint density at radius 1 is 0.308 bits per heavy atom. The van der Waals surface area contributed by atoms with Gasteiger partial charge in [0.1, 0.15) is 19.3 Å². The fourth-order valence-corrected chi connectivity index (χ4v) is 12.4. The zero-order valence-electron chi connectivity index (χ0n) is 59.5. The maximum Gasteiger partial charge on any atom is 0.472 e. The number of carbonyl (C=O) groups excluding carboxylic acids is 4. The Balaban J connectivity index is 5.25. The van der Waals surface area contributed by atoms with Crippen molar-refractivity contribution in [2.45, 2.75) is 375 Å². The van der Waals surface area contributed by atoms with Crippen molar-refractivity contribution in [1.29, 1.82) is 0 Å². The van der Waals surface area contributed by atoms with Gasteiger partial charge in [0.25, 0.3) is 0 Å². The molecular weight excluding hydrogens is 1200 g/mol. The summed E-state index contributed by atoms with van der Waals surface area (Å²) in [6.45, 7) is 14.1. The largest absolute Gasteiger partial charge is 0.472 e. The molecule has 540 valence electrons. The summed E-state index contributed by atoms with van der Waals surface area (Å²) < 4.78 is 68.3. The second-order valence-electron chi connectivity index (χ2n) is 27.6. The Hall–Kier alpha value is -1.94. The Labute approximate surface area is 556 Å². The van der Waals surface area contributed by atoms with Crippen LogP contribution in [0.4, 0.5) is 0 Å². The lowest BCUT2D eigenvalue weighted by atomic mass is 10.00. The molecule has 0 radical (unpaired) electrons. The van der Waals surface area contributed by atoms with Gasteiger partial charge in [-0.25, -0.2) is 9.13 Å². The van der Waals surface area contributed by atoms with Crippen LogP contribution >= 0.6 is 15.6 Å². The summed E-state index contributed by atoms with van der Waals surface area (Å²) in [5.74, 6) is 0.866. The Bertz CT molecular complexity index is 1800. The van der Waals surface area contributed by atoms with Gasteiger partial charge in [0, 0.05) is 25.7 Å². The molecule has 0 saturated carbocycles. The van der Waals surface area contributed by atoms with E-state index in [2.05, 4.69) is 55.4 Å². The summed E-state index contributed by atoms with van der Waals surface area (Å²) in [6, 6.07) is 0. The third-order valence-electron chi connectivity index (χ3n) is 16.9. The molecule has 0 aliphatic carbocycles. The highest BCUT2D eigenvalue weighted by Crippen LogP contribution is 2.45.